The van der Waals surface area contributed by atoms with E-state index in [-0.39, 0.29) is 8.07 Å². The molecule has 1 aromatic carbocycles. The second-order valence-corrected chi connectivity index (χ2v) is 4.61. The smallest absolute Gasteiger partial charge is 0.0606 e. The van der Waals surface area contributed by atoms with Gasteiger partial charge in [-0.1, -0.05) is 12.1 Å². The summed E-state index contributed by atoms with van der Waals surface area (Å²) in [6, 6.07) is 7.82. The van der Waals surface area contributed by atoms with Crippen molar-refractivity contribution in [2.45, 2.75) is 0 Å². The number of hydrogen-bond acceptors (Lipinski definition) is 2. The minimum atomic E-state index is -0.123. The summed E-state index contributed by atoms with van der Waals surface area (Å²) in [7, 11) is -0.123. The minimum absolute atomic E-state index is 0.123. The lowest BCUT2D eigenvalue weighted by Gasteiger charge is -2.11. The average Bonchev–Trinajstić information content (AvgIpc) is 1.93. The average molecular weight is 168 g/mol. The molecule has 0 atom stereocenters. The van der Waals surface area contributed by atoms with E-state index in [0.29, 0.717) is 0 Å². The molecular weight excluding hydrogens is 155 g/mol. The Balaban J connectivity index is 2.78. The summed E-state index contributed by atoms with van der Waals surface area (Å²) in [4.78, 5) is 0. The Morgan fingerprint density at radius 2 is 1.91 bits per heavy atom. The molecule has 0 saturated carbocycles. The minimum Gasteiger partial charge on any atom is -0.397 e. The molecular formula is C8H13N2P. The summed E-state index contributed by atoms with van der Waals surface area (Å²) >= 11 is 0. The largest absolute Gasteiger partial charge is 0.397 e. The summed E-state index contributed by atoms with van der Waals surface area (Å²) in [5, 5.41) is 3.31. The first-order valence-corrected chi connectivity index (χ1v) is 5.72. The van der Waals surface area contributed by atoms with E-state index in [1.807, 2.05) is 24.3 Å². The normalized spacial score (nSPS) is 10.1. The molecule has 0 aliphatic heterocycles. The second-order valence-electron chi connectivity index (χ2n) is 2.59. The first-order chi connectivity index (χ1) is 5.20. The predicted molar refractivity (Wildman–Crippen MR) is 53.2 cm³/mol. The number of para-hydroxylation sites is 2. The Morgan fingerprint density at radius 1 is 1.27 bits per heavy atom. The van der Waals surface area contributed by atoms with Crippen molar-refractivity contribution in [2.75, 3.05) is 24.2 Å². The van der Waals surface area contributed by atoms with Crippen molar-refractivity contribution in [2.24, 2.45) is 0 Å². The van der Waals surface area contributed by atoms with Gasteiger partial charge in [-0.05, 0) is 33.5 Å². The van der Waals surface area contributed by atoms with Crippen LogP contribution in [0.25, 0.3) is 0 Å². The van der Waals surface area contributed by atoms with Gasteiger partial charge in [0.1, 0.15) is 0 Å². The van der Waals surface area contributed by atoms with E-state index in [1.54, 1.807) is 0 Å². The lowest BCUT2D eigenvalue weighted by molar-refractivity contribution is 1.65. The van der Waals surface area contributed by atoms with Crippen LogP contribution >= 0.6 is 8.07 Å². The third kappa shape index (κ3) is 2.39. The molecule has 1 rings (SSSR count). The van der Waals surface area contributed by atoms with Gasteiger partial charge in [0.15, 0.2) is 0 Å². The fourth-order valence-corrected chi connectivity index (χ4v) is 1.53. The maximum atomic E-state index is 5.72. The fourth-order valence-electron chi connectivity index (χ4n) is 0.840. The number of nitrogens with one attached hydrogen (secondary N) is 1. The quantitative estimate of drug-likeness (QED) is 0.525. The summed E-state index contributed by atoms with van der Waals surface area (Å²) in [5.74, 6) is 0. The molecule has 0 radical (unpaired) electrons. The van der Waals surface area contributed by atoms with Crippen LogP contribution in [-0.4, -0.2) is 13.3 Å². The van der Waals surface area contributed by atoms with E-state index < -0.39 is 0 Å². The highest BCUT2D eigenvalue weighted by Gasteiger charge is 1.96. The maximum absolute atomic E-state index is 5.72. The molecule has 3 heteroatoms. The molecule has 60 valence electrons. The predicted octanol–water partition coefficient (Wildman–Crippen LogP) is 2.34. The highest BCUT2D eigenvalue weighted by atomic mass is 31.1. The van der Waals surface area contributed by atoms with Gasteiger partial charge in [0.25, 0.3) is 0 Å². The molecule has 0 fully saturated rings. The van der Waals surface area contributed by atoms with Crippen LogP contribution in [0.4, 0.5) is 11.4 Å². The maximum Gasteiger partial charge on any atom is 0.0606 e. The van der Waals surface area contributed by atoms with Gasteiger partial charge in [0.05, 0.1) is 11.4 Å². The Bertz CT molecular complexity index is 235. The van der Waals surface area contributed by atoms with Gasteiger partial charge in [0.2, 0.25) is 0 Å². The highest BCUT2D eigenvalue weighted by molar-refractivity contribution is 7.57. The summed E-state index contributed by atoms with van der Waals surface area (Å²) in [6.07, 6.45) is 0. The standard InChI is InChI=1S/C8H13N2P/c1-11(2)10-8-6-4-3-5-7(8)9/h3-6,10H,9H2,1-2H3. The van der Waals surface area contributed by atoms with E-state index in [1.165, 1.54) is 0 Å². The van der Waals surface area contributed by atoms with E-state index >= 15 is 0 Å². The molecule has 0 amide bonds. The van der Waals surface area contributed by atoms with Crippen molar-refractivity contribution >= 4 is 19.4 Å². The third-order valence-electron chi connectivity index (χ3n) is 1.30. The van der Waals surface area contributed by atoms with E-state index in [2.05, 4.69) is 18.4 Å². The molecule has 11 heavy (non-hydrogen) atoms. The zero-order valence-corrected chi connectivity index (χ0v) is 7.73. The van der Waals surface area contributed by atoms with Crippen LogP contribution in [0.5, 0.6) is 0 Å². The van der Waals surface area contributed by atoms with Gasteiger partial charge in [-0.25, -0.2) is 0 Å². The first-order valence-electron chi connectivity index (χ1n) is 3.48. The Hall–Kier alpha value is -0.750. The molecule has 0 bridgehead atoms. The van der Waals surface area contributed by atoms with Gasteiger partial charge in [0, 0.05) is 0 Å². The lowest BCUT2D eigenvalue weighted by Crippen LogP contribution is -1.94. The number of rotatable bonds is 2. The summed E-state index contributed by atoms with van der Waals surface area (Å²) in [6.45, 7) is 4.31. The van der Waals surface area contributed by atoms with Crippen molar-refractivity contribution < 1.29 is 0 Å². The number of nitrogens with two attached hydrogens (primary N) is 1. The molecule has 0 unspecified atom stereocenters. The van der Waals surface area contributed by atoms with Crippen LogP contribution in [0.2, 0.25) is 0 Å². The fraction of sp³-hybridized carbons (Fsp3) is 0.250. The van der Waals surface area contributed by atoms with E-state index in [4.69, 9.17) is 5.73 Å². The number of benzene rings is 1. The van der Waals surface area contributed by atoms with Crippen molar-refractivity contribution in [3.63, 3.8) is 0 Å². The van der Waals surface area contributed by atoms with E-state index in [9.17, 15) is 0 Å². The summed E-state index contributed by atoms with van der Waals surface area (Å²) < 4.78 is 0. The van der Waals surface area contributed by atoms with Crippen molar-refractivity contribution in [1.29, 1.82) is 0 Å². The van der Waals surface area contributed by atoms with Crippen LogP contribution in [0, 0.1) is 0 Å². The Labute approximate surface area is 68.6 Å². The van der Waals surface area contributed by atoms with Crippen LogP contribution in [0.15, 0.2) is 24.3 Å². The van der Waals surface area contributed by atoms with Crippen LogP contribution in [-0.2, 0) is 0 Å². The molecule has 3 N–H and O–H groups in total. The van der Waals surface area contributed by atoms with Crippen LogP contribution < -0.4 is 10.8 Å². The molecule has 2 nitrogen and oxygen atoms in total. The number of hydrogen-bond donors (Lipinski definition) is 2. The molecule has 0 aliphatic rings. The number of anilines is 2. The second kappa shape index (κ2) is 3.59. The monoisotopic (exact) mass is 168 g/mol. The van der Waals surface area contributed by atoms with Gasteiger partial charge in [-0.3, -0.25) is 0 Å². The van der Waals surface area contributed by atoms with Crippen LogP contribution in [0.1, 0.15) is 0 Å². The lowest BCUT2D eigenvalue weighted by atomic mass is 10.3. The van der Waals surface area contributed by atoms with Crippen LogP contribution in [0.3, 0.4) is 0 Å². The molecule has 0 heterocycles. The molecule has 0 spiro atoms. The van der Waals surface area contributed by atoms with Gasteiger partial charge >= 0.3 is 0 Å². The highest BCUT2D eigenvalue weighted by Crippen LogP contribution is 2.30. The summed E-state index contributed by atoms with van der Waals surface area (Å²) in [5.41, 5.74) is 7.58. The Morgan fingerprint density at radius 3 is 2.45 bits per heavy atom. The van der Waals surface area contributed by atoms with Crippen molar-refractivity contribution in [1.82, 2.24) is 0 Å². The molecule has 1 aromatic rings. The zero-order valence-electron chi connectivity index (χ0n) is 6.83. The SMILES string of the molecule is CP(C)Nc1ccccc1N. The molecule has 0 saturated heterocycles. The molecule has 0 aliphatic carbocycles. The van der Waals surface area contributed by atoms with Crippen molar-refractivity contribution in [3.8, 4) is 0 Å². The Kier molecular flexibility index (Phi) is 2.72. The van der Waals surface area contributed by atoms with Gasteiger partial charge in [-0.15, -0.1) is 0 Å². The van der Waals surface area contributed by atoms with Gasteiger partial charge < -0.3 is 10.8 Å². The third-order valence-corrected chi connectivity index (χ3v) is 1.99. The van der Waals surface area contributed by atoms with E-state index in [0.717, 1.165) is 11.4 Å². The first kappa shape index (κ1) is 8.35. The molecule has 0 aromatic heterocycles. The van der Waals surface area contributed by atoms with Crippen molar-refractivity contribution in [3.05, 3.63) is 24.3 Å². The zero-order chi connectivity index (χ0) is 8.27. The topological polar surface area (TPSA) is 38.0 Å². The number of nitrogen functional groups attached to an aromatic ring is 1. The van der Waals surface area contributed by atoms with Gasteiger partial charge in [-0.2, -0.15) is 0 Å².